The molecule has 0 atom stereocenters. The number of nitrogens with zero attached hydrogens (tertiary/aromatic N) is 3. The number of halogens is 1. The minimum atomic E-state index is -0.512. The average molecular weight is 385 g/mol. The first kappa shape index (κ1) is 18.6. The number of aryl methyl sites for hydroxylation is 1. The Balaban J connectivity index is 1.61. The number of hydrogen-bond donors (Lipinski definition) is 2. The number of aromatic nitrogens is 1. The van der Waals surface area contributed by atoms with Gasteiger partial charge in [0.2, 0.25) is 5.88 Å². The van der Waals surface area contributed by atoms with Crippen molar-refractivity contribution in [1.29, 1.82) is 0 Å². The minimum Gasteiger partial charge on any atom is -0.493 e. The lowest BCUT2D eigenvalue weighted by molar-refractivity contribution is -0.118. The molecule has 7 nitrogen and oxygen atoms in total. The Morgan fingerprint density at radius 1 is 1.15 bits per heavy atom. The second-order valence-corrected chi connectivity index (χ2v) is 6.24. The number of para-hydroxylation sites is 1. The predicted octanol–water partition coefficient (Wildman–Crippen LogP) is 3.97. The number of amides is 2. The van der Waals surface area contributed by atoms with Gasteiger partial charge in [-0.25, -0.2) is 0 Å². The summed E-state index contributed by atoms with van der Waals surface area (Å²) in [7, 11) is 1.70. The number of fused-ring (bicyclic) bond motifs is 1. The van der Waals surface area contributed by atoms with Crippen LogP contribution in [-0.4, -0.2) is 28.0 Å². The molecule has 2 N–H and O–H groups in total. The summed E-state index contributed by atoms with van der Waals surface area (Å²) in [5.41, 5.74) is 1.36. The molecule has 0 bridgehead atoms. The van der Waals surface area contributed by atoms with Crippen LogP contribution in [0.4, 0.5) is 5.69 Å². The molecule has 8 heteroatoms. The second-order valence-electron chi connectivity index (χ2n) is 5.83. The first-order valence-electron chi connectivity index (χ1n) is 8.22. The van der Waals surface area contributed by atoms with Crippen molar-refractivity contribution in [1.82, 2.24) is 9.88 Å². The fourth-order valence-corrected chi connectivity index (χ4v) is 2.86. The largest absolute Gasteiger partial charge is 0.493 e. The van der Waals surface area contributed by atoms with Crippen molar-refractivity contribution >= 4 is 40.0 Å². The van der Waals surface area contributed by atoms with Gasteiger partial charge >= 0.3 is 0 Å². The van der Waals surface area contributed by atoms with Crippen LogP contribution >= 0.6 is 11.6 Å². The van der Waals surface area contributed by atoms with E-state index in [1.807, 2.05) is 18.2 Å². The molecule has 0 aliphatic carbocycles. The van der Waals surface area contributed by atoms with Crippen molar-refractivity contribution in [2.45, 2.75) is 6.42 Å². The summed E-state index contributed by atoms with van der Waals surface area (Å²) in [6.45, 7) is 0.101. The van der Waals surface area contributed by atoms with Crippen LogP contribution in [0.5, 0.6) is 5.88 Å². The topological polar surface area (TPSA) is 96.0 Å². The zero-order valence-corrected chi connectivity index (χ0v) is 15.3. The molecule has 0 radical (unpaired) electrons. The molecule has 2 amide bonds. The highest BCUT2D eigenvalue weighted by Crippen LogP contribution is 2.37. The Bertz CT molecular complexity index is 1040. The Kier molecular flexibility index (Phi) is 5.52. The van der Waals surface area contributed by atoms with Crippen molar-refractivity contribution in [3.63, 3.8) is 0 Å². The molecule has 27 heavy (non-hydrogen) atoms. The smallest absolute Gasteiger partial charge is 0.266 e. The summed E-state index contributed by atoms with van der Waals surface area (Å²) in [5.74, 6) is -0.946. The van der Waals surface area contributed by atoms with E-state index in [2.05, 4.69) is 15.5 Å². The molecule has 2 aromatic carbocycles. The number of aromatic hydroxyl groups is 1. The third-order valence-electron chi connectivity index (χ3n) is 4.05. The van der Waals surface area contributed by atoms with Gasteiger partial charge in [-0.3, -0.25) is 9.59 Å². The van der Waals surface area contributed by atoms with Crippen LogP contribution in [0.15, 0.2) is 58.8 Å². The van der Waals surface area contributed by atoms with Gasteiger partial charge in [0.05, 0.1) is 16.1 Å². The molecular formula is C19H17ClN4O3. The zero-order valence-electron chi connectivity index (χ0n) is 14.5. The summed E-state index contributed by atoms with van der Waals surface area (Å²) >= 11 is 5.96. The monoisotopic (exact) mass is 384 g/mol. The van der Waals surface area contributed by atoms with Crippen LogP contribution in [-0.2, 0) is 11.8 Å². The van der Waals surface area contributed by atoms with Gasteiger partial charge in [0.15, 0.2) is 5.69 Å². The molecule has 0 saturated heterocycles. The highest BCUT2D eigenvalue weighted by molar-refractivity contribution is 6.33. The Labute approximate surface area is 160 Å². The molecule has 0 aliphatic rings. The molecule has 3 rings (SSSR count). The fourth-order valence-electron chi connectivity index (χ4n) is 2.64. The lowest BCUT2D eigenvalue weighted by Crippen LogP contribution is -2.25. The number of nitrogens with one attached hydrogen (secondary N) is 1. The predicted molar refractivity (Wildman–Crippen MR) is 103 cm³/mol. The summed E-state index contributed by atoms with van der Waals surface area (Å²) < 4.78 is 1.57. The van der Waals surface area contributed by atoms with Crippen molar-refractivity contribution in [2.75, 3.05) is 6.54 Å². The fraction of sp³-hybridized carbons (Fsp3) is 0.158. The molecule has 138 valence electrons. The van der Waals surface area contributed by atoms with Crippen LogP contribution < -0.4 is 5.32 Å². The third kappa shape index (κ3) is 3.98. The highest BCUT2D eigenvalue weighted by Gasteiger charge is 2.14. The van der Waals surface area contributed by atoms with Gasteiger partial charge in [-0.1, -0.05) is 41.9 Å². The number of carbonyl (C=O) groups excluding carboxylic acids is 2. The lowest BCUT2D eigenvalue weighted by Gasteiger charge is -2.04. The summed E-state index contributed by atoms with van der Waals surface area (Å²) in [6.07, 6.45) is -0.0226. The van der Waals surface area contributed by atoms with Crippen LogP contribution in [0.2, 0.25) is 5.02 Å². The molecule has 1 heterocycles. The quantitative estimate of drug-likeness (QED) is 0.651. The van der Waals surface area contributed by atoms with Gasteiger partial charge in [-0.2, -0.15) is 0 Å². The second kappa shape index (κ2) is 8.01. The van der Waals surface area contributed by atoms with E-state index in [-0.39, 0.29) is 30.4 Å². The summed E-state index contributed by atoms with van der Waals surface area (Å²) in [4.78, 5) is 24.0. The van der Waals surface area contributed by atoms with Crippen LogP contribution in [0.1, 0.15) is 16.8 Å². The SMILES string of the molecule is Cn1c(O)c(N=NC(=O)CCNC(=O)c2ccccc2Cl)c2ccccc21. The first-order valence-corrected chi connectivity index (χ1v) is 8.60. The van der Waals surface area contributed by atoms with E-state index in [9.17, 15) is 14.7 Å². The molecule has 0 aliphatic heterocycles. The van der Waals surface area contributed by atoms with Crippen LogP contribution in [0.25, 0.3) is 10.9 Å². The van der Waals surface area contributed by atoms with E-state index in [4.69, 9.17) is 11.6 Å². The van der Waals surface area contributed by atoms with Gasteiger partial charge in [0.1, 0.15) is 0 Å². The standard InChI is InChI=1S/C19H17ClN4O3/c1-24-15-9-5-3-7-13(15)17(19(24)27)23-22-16(25)10-11-21-18(26)12-6-2-4-8-14(12)20/h2-9,27H,10-11H2,1H3,(H,21,26). The van der Waals surface area contributed by atoms with E-state index < -0.39 is 5.91 Å². The van der Waals surface area contributed by atoms with E-state index in [0.717, 1.165) is 5.52 Å². The minimum absolute atomic E-state index is 0.0226. The van der Waals surface area contributed by atoms with Gasteiger partial charge in [-0.05, 0) is 18.2 Å². The Morgan fingerprint density at radius 2 is 1.85 bits per heavy atom. The van der Waals surface area contributed by atoms with Gasteiger partial charge in [0, 0.05) is 25.4 Å². The van der Waals surface area contributed by atoms with E-state index in [1.54, 1.807) is 41.9 Å². The summed E-state index contributed by atoms with van der Waals surface area (Å²) in [6, 6.07) is 13.9. The van der Waals surface area contributed by atoms with Crippen molar-refractivity contribution in [3.8, 4) is 5.88 Å². The maximum absolute atomic E-state index is 12.0. The normalized spacial score (nSPS) is 11.2. The average Bonchev–Trinajstić information content (AvgIpc) is 2.91. The number of hydrogen-bond acceptors (Lipinski definition) is 4. The zero-order chi connectivity index (χ0) is 19.4. The molecule has 3 aromatic rings. The van der Waals surface area contributed by atoms with E-state index in [1.165, 1.54) is 0 Å². The maximum atomic E-state index is 12.0. The van der Waals surface area contributed by atoms with Crippen molar-refractivity contribution < 1.29 is 14.7 Å². The lowest BCUT2D eigenvalue weighted by atomic mass is 10.2. The van der Waals surface area contributed by atoms with Crippen LogP contribution in [0.3, 0.4) is 0 Å². The molecule has 0 unspecified atom stereocenters. The molecule has 0 saturated carbocycles. The first-order chi connectivity index (χ1) is 13.0. The molecule has 1 aromatic heterocycles. The number of carbonyl (C=O) groups is 2. The summed E-state index contributed by atoms with van der Waals surface area (Å²) in [5, 5.41) is 21.4. The molecule has 0 spiro atoms. The van der Waals surface area contributed by atoms with Crippen molar-refractivity contribution in [3.05, 3.63) is 59.1 Å². The Morgan fingerprint density at radius 3 is 2.63 bits per heavy atom. The van der Waals surface area contributed by atoms with E-state index >= 15 is 0 Å². The third-order valence-corrected chi connectivity index (χ3v) is 4.38. The molecule has 0 fully saturated rings. The Hall–Kier alpha value is -3.19. The van der Waals surface area contributed by atoms with Gasteiger partial charge < -0.3 is 15.0 Å². The van der Waals surface area contributed by atoms with Gasteiger partial charge in [0.25, 0.3) is 11.8 Å². The number of benzene rings is 2. The number of azo groups is 1. The maximum Gasteiger partial charge on any atom is 0.266 e. The van der Waals surface area contributed by atoms with Crippen molar-refractivity contribution in [2.24, 2.45) is 17.3 Å². The van der Waals surface area contributed by atoms with Gasteiger partial charge in [-0.15, -0.1) is 10.2 Å². The highest BCUT2D eigenvalue weighted by atomic mass is 35.5. The molecular weight excluding hydrogens is 368 g/mol. The van der Waals surface area contributed by atoms with Crippen LogP contribution in [0, 0.1) is 0 Å². The number of rotatable bonds is 5. The van der Waals surface area contributed by atoms with E-state index in [0.29, 0.717) is 16.0 Å².